The quantitative estimate of drug-likeness (QED) is 0.598. The van der Waals surface area contributed by atoms with E-state index in [0.717, 1.165) is 18.9 Å². The van der Waals surface area contributed by atoms with Crippen LogP contribution >= 0.6 is 0 Å². The first-order valence-corrected chi connectivity index (χ1v) is 7.02. The summed E-state index contributed by atoms with van der Waals surface area (Å²) in [6, 6.07) is 0.0613. The Hall–Kier alpha value is -1.56. The lowest BCUT2D eigenvalue weighted by atomic mass is 9.79. The molecule has 0 bridgehead atoms. The SMILES string of the molecule is COC(=O)/C=C(/NC1CC(C)(C)NC(C)(C)C1)C(=O)OC. The minimum absolute atomic E-state index is 0.0613. The van der Waals surface area contributed by atoms with Gasteiger partial charge in [-0.2, -0.15) is 0 Å². The van der Waals surface area contributed by atoms with E-state index in [1.807, 2.05) is 0 Å². The number of piperidine rings is 1. The third kappa shape index (κ3) is 5.38. The summed E-state index contributed by atoms with van der Waals surface area (Å²) in [5.41, 5.74) is 0.000479. The van der Waals surface area contributed by atoms with Crippen molar-refractivity contribution in [3.8, 4) is 0 Å². The van der Waals surface area contributed by atoms with Crippen molar-refractivity contribution in [1.29, 1.82) is 0 Å². The largest absolute Gasteiger partial charge is 0.466 e. The second-order valence-corrected chi connectivity index (χ2v) is 6.72. The third-order valence-electron chi connectivity index (χ3n) is 3.42. The molecule has 0 aromatic carbocycles. The van der Waals surface area contributed by atoms with Crippen molar-refractivity contribution < 1.29 is 19.1 Å². The fourth-order valence-electron chi connectivity index (χ4n) is 3.09. The van der Waals surface area contributed by atoms with Crippen LogP contribution in [0.2, 0.25) is 0 Å². The molecule has 0 atom stereocenters. The molecule has 6 nitrogen and oxygen atoms in total. The number of methoxy groups -OCH3 is 2. The standard InChI is InChI=1S/C15H26N2O4/c1-14(2)8-10(9-15(3,4)17-14)16-11(13(19)21-6)7-12(18)20-5/h7,10,16-17H,8-9H2,1-6H3/b11-7+. The average molecular weight is 298 g/mol. The highest BCUT2D eigenvalue weighted by molar-refractivity contribution is 5.95. The molecule has 0 aliphatic carbocycles. The van der Waals surface area contributed by atoms with Gasteiger partial charge < -0.3 is 20.1 Å². The van der Waals surface area contributed by atoms with Gasteiger partial charge in [-0.05, 0) is 40.5 Å². The zero-order valence-electron chi connectivity index (χ0n) is 13.7. The summed E-state index contributed by atoms with van der Waals surface area (Å²) in [5, 5.41) is 6.69. The molecule has 0 radical (unpaired) electrons. The molecule has 120 valence electrons. The van der Waals surface area contributed by atoms with Crippen LogP contribution in [0.25, 0.3) is 0 Å². The maximum Gasteiger partial charge on any atom is 0.354 e. The Bertz CT molecular complexity index is 425. The zero-order valence-corrected chi connectivity index (χ0v) is 13.7. The van der Waals surface area contributed by atoms with Gasteiger partial charge in [-0.1, -0.05) is 0 Å². The lowest BCUT2D eigenvalue weighted by Gasteiger charge is -2.46. The minimum Gasteiger partial charge on any atom is -0.466 e. The number of rotatable bonds is 4. The molecule has 1 aliphatic rings. The van der Waals surface area contributed by atoms with Gasteiger partial charge in [-0.15, -0.1) is 0 Å². The molecular weight excluding hydrogens is 272 g/mol. The summed E-state index contributed by atoms with van der Waals surface area (Å²) in [5.74, 6) is -1.16. The predicted octanol–water partition coefficient (Wildman–Crippen LogP) is 1.12. The van der Waals surface area contributed by atoms with Crippen LogP contribution in [-0.4, -0.2) is 43.3 Å². The van der Waals surface area contributed by atoms with E-state index in [9.17, 15) is 9.59 Å². The number of ether oxygens (including phenoxy) is 2. The number of carbonyl (C=O) groups is 2. The van der Waals surface area contributed by atoms with Gasteiger partial charge in [0.2, 0.25) is 0 Å². The van der Waals surface area contributed by atoms with Gasteiger partial charge in [0, 0.05) is 17.1 Å². The van der Waals surface area contributed by atoms with Gasteiger partial charge in [0.15, 0.2) is 0 Å². The van der Waals surface area contributed by atoms with E-state index in [2.05, 4.69) is 43.1 Å². The van der Waals surface area contributed by atoms with Gasteiger partial charge in [0.25, 0.3) is 0 Å². The zero-order chi connectivity index (χ0) is 16.3. The van der Waals surface area contributed by atoms with E-state index in [0.29, 0.717) is 0 Å². The second-order valence-electron chi connectivity index (χ2n) is 6.72. The average Bonchev–Trinajstić information content (AvgIpc) is 2.32. The summed E-state index contributed by atoms with van der Waals surface area (Å²) >= 11 is 0. The Morgan fingerprint density at radius 2 is 1.62 bits per heavy atom. The van der Waals surface area contributed by atoms with Crippen molar-refractivity contribution in [3.05, 3.63) is 11.8 Å². The molecule has 1 aliphatic heterocycles. The van der Waals surface area contributed by atoms with Crippen LogP contribution in [0, 0.1) is 0 Å². The first kappa shape index (κ1) is 17.5. The molecule has 0 unspecified atom stereocenters. The minimum atomic E-state index is -0.588. The van der Waals surface area contributed by atoms with E-state index in [1.165, 1.54) is 14.2 Å². The van der Waals surface area contributed by atoms with E-state index in [1.54, 1.807) is 0 Å². The lowest BCUT2D eigenvalue weighted by Crippen LogP contribution is -2.61. The van der Waals surface area contributed by atoms with Crippen molar-refractivity contribution >= 4 is 11.9 Å². The maximum atomic E-state index is 11.8. The predicted molar refractivity (Wildman–Crippen MR) is 79.6 cm³/mol. The molecule has 2 N–H and O–H groups in total. The Kier molecular flexibility index (Phi) is 5.39. The number of hydrogen-bond acceptors (Lipinski definition) is 6. The first-order valence-electron chi connectivity index (χ1n) is 7.02. The number of esters is 2. The van der Waals surface area contributed by atoms with Crippen molar-refractivity contribution in [2.24, 2.45) is 0 Å². The number of nitrogens with one attached hydrogen (secondary N) is 2. The Morgan fingerprint density at radius 1 is 1.10 bits per heavy atom. The Balaban J connectivity index is 2.90. The fourth-order valence-corrected chi connectivity index (χ4v) is 3.09. The van der Waals surface area contributed by atoms with E-state index in [4.69, 9.17) is 4.74 Å². The van der Waals surface area contributed by atoms with Crippen LogP contribution < -0.4 is 10.6 Å². The van der Waals surface area contributed by atoms with E-state index in [-0.39, 0.29) is 22.8 Å². The molecule has 1 rings (SSSR count). The molecule has 6 heteroatoms. The highest BCUT2D eigenvalue weighted by atomic mass is 16.5. The van der Waals surface area contributed by atoms with Gasteiger partial charge in [-0.3, -0.25) is 0 Å². The Morgan fingerprint density at radius 3 is 2.05 bits per heavy atom. The van der Waals surface area contributed by atoms with Crippen LogP contribution in [0.4, 0.5) is 0 Å². The van der Waals surface area contributed by atoms with Gasteiger partial charge in [-0.25, -0.2) is 9.59 Å². The molecule has 1 saturated heterocycles. The summed E-state index contributed by atoms with van der Waals surface area (Å²) in [6.07, 6.45) is 2.78. The number of carbonyl (C=O) groups excluding carboxylic acids is 2. The molecule has 0 aromatic rings. The smallest absolute Gasteiger partial charge is 0.354 e. The monoisotopic (exact) mass is 298 g/mol. The number of hydrogen-bond donors (Lipinski definition) is 2. The van der Waals surface area contributed by atoms with Gasteiger partial charge in [0.1, 0.15) is 5.70 Å². The molecule has 0 spiro atoms. The summed E-state index contributed by atoms with van der Waals surface area (Å²) in [7, 11) is 2.55. The van der Waals surface area contributed by atoms with Crippen LogP contribution in [0.1, 0.15) is 40.5 Å². The molecule has 0 amide bonds. The highest BCUT2D eigenvalue weighted by Gasteiger charge is 2.38. The third-order valence-corrected chi connectivity index (χ3v) is 3.42. The normalized spacial score (nSPS) is 21.5. The maximum absolute atomic E-state index is 11.8. The Labute approximate surface area is 126 Å². The van der Waals surface area contributed by atoms with Crippen LogP contribution in [0.5, 0.6) is 0 Å². The summed E-state index contributed by atoms with van der Waals surface area (Å²) < 4.78 is 9.28. The summed E-state index contributed by atoms with van der Waals surface area (Å²) in [4.78, 5) is 23.2. The van der Waals surface area contributed by atoms with E-state index >= 15 is 0 Å². The van der Waals surface area contributed by atoms with Gasteiger partial charge in [0.05, 0.1) is 20.3 Å². The molecule has 0 saturated carbocycles. The van der Waals surface area contributed by atoms with Crippen molar-refractivity contribution in [2.45, 2.75) is 57.7 Å². The van der Waals surface area contributed by atoms with Crippen LogP contribution in [-0.2, 0) is 19.1 Å². The topological polar surface area (TPSA) is 76.7 Å². The highest BCUT2D eigenvalue weighted by Crippen LogP contribution is 2.29. The van der Waals surface area contributed by atoms with Crippen LogP contribution in [0.15, 0.2) is 11.8 Å². The molecular formula is C15H26N2O4. The van der Waals surface area contributed by atoms with Crippen molar-refractivity contribution in [3.63, 3.8) is 0 Å². The molecule has 21 heavy (non-hydrogen) atoms. The van der Waals surface area contributed by atoms with Crippen LogP contribution in [0.3, 0.4) is 0 Å². The molecule has 1 heterocycles. The van der Waals surface area contributed by atoms with Crippen molar-refractivity contribution in [2.75, 3.05) is 14.2 Å². The molecule has 0 aromatic heterocycles. The second kappa shape index (κ2) is 6.47. The lowest BCUT2D eigenvalue weighted by molar-refractivity contribution is -0.139. The molecule has 1 fully saturated rings. The van der Waals surface area contributed by atoms with E-state index < -0.39 is 11.9 Å². The van der Waals surface area contributed by atoms with Crippen molar-refractivity contribution in [1.82, 2.24) is 10.6 Å². The first-order chi connectivity index (χ1) is 9.58. The van der Waals surface area contributed by atoms with Gasteiger partial charge >= 0.3 is 11.9 Å². The summed E-state index contributed by atoms with van der Waals surface area (Å²) in [6.45, 7) is 8.46. The fraction of sp³-hybridized carbons (Fsp3) is 0.733.